The second kappa shape index (κ2) is 7.81. The van der Waals surface area contributed by atoms with Crippen LogP contribution in [0.5, 0.6) is 5.75 Å². The number of carbonyl (C=O) groups excluding carboxylic acids is 2. The van der Waals surface area contributed by atoms with Crippen LogP contribution in [-0.2, 0) is 9.53 Å². The molecule has 0 unspecified atom stereocenters. The summed E-state index contributed by atoms with van der Waals surface area (Å²) in [7, 11) is 0. The summed E-state index contributed by atoms with van der Waals surface area (Å²) < 4.78 is 10.7. The van der Waals surface area contributed by atoms with Gasteiger partial charge in [0, 0.05) is 11.3 Å². The van der Waals surface area contributed by atoms with Gasteiger partial charge >= 0.3 is 11.9 Å². The summed E-state index contributed by atoms with van der Waals surface area (Å²) in [5.74, 6) is -1.14. The molecule has 0 aliphatic rings. The molecular formula is C18H25NO4. The maximum atomic E-state index is 12.5. The normalized spacial score (nSPS) is 11.0. The fraction of sp³-hybridized carbons (Fsp3) is 0.444. The van der Waals surface area contributed by atoms with Crippen molar-refractivity contribution in [3.63, 3.8) is 0 Å². The van der Waals surface area contributed by atoms with Crippen molar-refractivity contribution in [3.05, 3.63) is 35.9 Å². The van der Waals surface area contributed by atoms with Gasteiger partial charge in [-0.1, -0.05) is 26.0 Å². The Balaban J connectivity index is 3.04. The van der Waals surface area contributed by atoms with Gasteiger partial charge in [-0.25, -0.2) is 9.59 Å². The van der Waals surface area contributed by atoms with Gasteiger partial charge in [0.15, 0.2) is 0 Å². The molecule has 0 heterocycles. The van der Waals surface area contributed by atoms with Crippen LogP contribution in [0.2, 0.25) is 0 Å². The minimum absolute atomic E-state index is 0.0617. The number of anilines is 1. The van der Waals surface area contributed by atoms with Crippen molar-refractivity contribution in [2.45, 2.75) is 52.6 Å². The lowest BCUT2D eigenvalue weighted by molar-refractivity contribution is -0.130. The third kappa shape index (κ3) is 5.43. The third-order valence-electron chi connectivity index (χ3n) is 3.32. The highest BCUT2D eigenvalue weighted by Gasteiger charge is 2.27. The van der Waals surface area contributed by atoms with Crippen LogP contribution in [0.15, 0.2) is 30.4 Å². The van der Waals surface area contributed by atoms with Crippen LogP contribution in [0.3, 0.4) is 0 Å². The molecule has 0 radical (unpaired) electrons. The fourth-order valence-electron chi connectivity index (χ4n) is 1.99. The van der Waals surface area contributed by atoms with Crippen LogP contribution >= 0.6 is 0 Å². The van der Waals surface area contributed by atoms with E-state index in [-0.39, 0.29) is 22.6 Å². The first-order valence-electron chi connectivity index (χ1n) is 7.67. The molecule has 0 bridgehead atoms. The van der Waals surface area contributed by atoms with Gasteiger partial charge in [-0.15, -0.1) is 0 Å². The molecule has 0 spiro atoms. The van der Waals surface area contributed by atoms with Gasteiger partial charge in [-0.2, -0.15) is 0 Å². The van der Waals surface area contributed by atoms with Crippen LogP contribution in [-0.4, -0.2) is 17.5 Å². The average molecular weight is 319 g/mol. The van der Waals surface area contributed by atoms with Gasteiger partial charge in [0.25, 0.3) is 0 Å². The first-order valence-corrected chi connectivity index (χ1v) is 7.67. The van der Waals surface area contributed by atoms with Crippen molar-refractivity contribution >= 4 is 17.6 Å². The molecule has 1 rings (SSSR count). The second-order valence-electron chi connectivity index (χ2n) is 6.14. The van der Waals surface area contributed by atoms with Gasteiger partial charge < -0.3 is 15.2 Å². The van der Waals surface area contributed by atoms with Gasteiger partial charge in [0.1, 0.15) is 16.9 Å². The molecule has 1 aromatic rings. The fourth-order valence-corrected chi connectivity index (χ4v) is 1.99. The van der Waals surface area contributed by atoms with Gasteiger partial charge in [-0.3, -0.25) is 0 Å². The predicted octanol–water partition coefficient (Wildman–Crippen LogP) is 3.88. The van der Waals surface area contributed by atoms with E-state index in [0.717, 1.165) is 19.3 Å². The summed E-state index contributed by atoms with van der Waals surface area (Å²) in [5.41, 5.74) is 5.75. The summed E-state index contributed by atoms with van der Waals surface area (Å²) in [6.07, 6.45) is 2.70. The summed E-state index contributed by atoms with van der Waals surface area (Å²) >= 11 is 0. The lowest BCUT2D eigenvalue weighted by atomic mass is 10.0. The zero-order chi connectivity index (χ0) is 17.6. The Morgan fingerprint density at radius 1 is 1.30 bits per heavy atom. The Bertz CT molecular complexity index is 605. The number of hydrogen-bond acceptors (Lipinski definition) is 5. The second-order valence-corrected chi connectivity index (χ2v) is 6.14. The van der Waals surface area contributed by atoms with E-state index >= 15 is 0 Å². The van der Waals surface area contributed by atoms with Gasteiger partial charge in [-0.05, 0) is 45.7 Å². The van der Waals surface area contributed by atoms with E-state index in [1.807, 2.05) is 13.8 Å². The molecule has 1 aromatic carbocycles. The zero-order valence-corrected chi connectivity index (χ0v) is 14.3. The van der Waals surface area contributed by atoms with Crippen molar-refractivity contribution in [2.75, 3.05) is 5.73 Å². The monoisotopic (exact) mass is 319 g/mol. The van der Waals surface area contributed by atoms with Crippen LogP contribution < -0.4 is 10.5 Å². The predicted molar refractivity (Wildman–Crippen MR) is 90.3 cm³/mol. The van der Waals surface area contributed by atoms with E-state index in [1.165, 1.54) is 13.0 Å². The highest BCUT2D eigenvalue weighted by atomic mass is 16.6. The lowest BCUT2D eigenvalue weighted by Crippen LogP contribution is -2.29. The topological polar surface area (TPSA) is 78.6 Å². The lowest BCUT2D eigenvalue weighted by Gasteiger charge is -2.25. The molecule has 0 saturated carbocycles. The minimum atomic E-state index is -0.620. The zero-order valence-electron chi connectivity index (χ0n) is 14.3. The van der Waals surface area contributed by atoms with Crippen molar-refractivity contribution in [3.8, 4) is 5.75 Å². The summed E-state index contributed by atoms with van der Waals surface area (Å²) in [6.45, 7) is 10.8. The van der Waals surface area contributed by atoms with E-state index in [2.05, 4.69) is 13.5 Å². The van der Waals surface area contributed by atoms with E-state index in [1.54, 1.807) is 12.1 Å². The Kier molecular flexibility index (Phi) is 6.37. The Labute approximate surface area is 137 Å². The summed E-state index contributed by atoms with van der Waals surface area (Å²) in [5, 5.41) is 0. The number of esters is 2. The number of rotatable bonds is 7. The molecule has 5 nitrogen and oxygen atoms in total. The molecule has 0 fully saturated rings. The van der Waals surface area contributed by atoms with Crippen LogP contribution in [0.1, 0.15) is 57.3 Å². The molecule has 126 valence electrons. The standard InChI is InChI=1S/C18H25NO4/c1-6-7-11-18(4,5)23-17(21)15-13(19)9-8-10-14(15)22-16(20)12(2)3/h8-10H,2,6-7,11,19H2,1,3-5H3. The van der Waals surface area contributed by atoms with Crippen molar-refractivity contribution in [1.29, 1.82) is 0 Å². The number of nitrogens with two attached hydrogens (primary N) is 1. The van der Waals surface area contributed by atoms with E-state index < -0.39 is 17.5 Å². The molecule has 5 heteroatoms. The number of carbonyl (C=O) groups is 2. The number of hydrogen-bond donors (Lipinski definition) is 1. The molecule has 0 atom stereocenters. The molecule has 0 saturated heterocycles. The number of ether oxygens (including phenoxy) is 2. The number of unbranched alkanes of at least 4 members (excludes halogenated alkanes) is 1. The molecule has 0 amide bonds. The Morgan fingerprint density at radius 3 is 2.52 bits per heavy atom. The summed E-state index contributed by atoms with van der Waals surface area (Å²) in [4.78, 5) is 24.2. The number of benzene rings is 1. The smallest absolute Gasteiger partial charge is 0.344 e. The molecule has 0 aromatic heterocycles. The Morgan fingerprint density at radius 2 is 1.96 bits per heavy atom. The summed E-state index contributed by atoms with van der Waals surface area (Å²) in [6, 6.07) is 4.68. The first kappa shape index (κ1) is 18.7. The van der Waals surface area contributed by atoms with Gasteiger partial charge in [0.2, 0.25) is 0 Å². The first-order chi connectivity index (χ1) is 10.7. The maximum Gasteiger partial charge on any atom is 0.344 e. The quantitative estimate of drug-likeness (QED) is 0.357. The molecular weight excluding hydrogens is 294 g/mol. The highest BCUT2D eigenvalue weighted by molar-refractivity contribution is 6.00. The molecule has 23 heavy (non-hydrogen) atoms. The SMILES string of the molecule is C=C(C)C(=O)Oc1cccc(N)c1C(=O)OC(C)(C)CCCC. The number of nitrogen functional groups attached to an aromatic ring is 1. The minimum Gasteiger partial charge on any atom is -0.456 e. The maximum absolute atomic E-state index is 12.5. The largest absolute Gasteiger partial charge is 0.456 e. The van der Waals surface area contributed by atoms with Crippen molar-refractivity contribution in [2.24, 2.45) is 0 Å². The van der Waals surface area contributed by atoms with Crippen LogP contribution in [0.25, 0.3) is 0 Å². The van der Waals surface area contributed by atoms with Crippen LogP contribution in [0, 0.1) is 0 Å². The van der Waals surface area contributed by atoms with Gasteiger partial charge in [0.05, 0.1) is 0 Å². The van der Waals surface area contributed by atoms with E-state index in [9.17, 15) is 9.59 Å². The van der Waals surface area contributed by atoms with Crippen molar-refractivity contribution in [1.82, 2.24) is 0 Å². The average Bonchev–Trinajstić information content (AvgIpc) is 2.44. The van der Waals surface area contributed by atoms with E-state index in [4.69, 9.17) is 15.2 Å². The Hall–Kier alpha value is -2.30. The molecule has 2 N–H and O–H groups in total. The van der Waals surface area contributed by atoms with Crippen LogP contribution in [0.4, 0.5) is 5.69 Å². The highest BCUT2D eigenvalue weighted by Crippen LogP contribution is 2.29. The molecule has 0 aliphatic carbocycles. The van der Waals surface area contributed by atoms with E-state index in [0.29, 0.717) is 0 Å². The molecule has 0 aliphatic heterocycles. The van der Waals surface area contributed by atoms with Crippen molar-refractivity contribution < 1.29 is 19.1 Å². The third-order valence-corrected chi connectivity index (χ3v) is 3.32.